The summed E-state index contributed by atoms with van der Waals surface area (Å²) in [6, 6.07) is 9.06. The summed E-state index contributed by atoms with van der Waals surface area (Å²) in [7, 11) is 0. The molecule has 0 bridgehead atoms. The highest BCUT2D eigenvalue weighted by atomic mass is 35.5. The highest BCUT2D eigenvalue weighted by molar-refractivity contribution is 6.33. The minimum atomic E-state index is -0.331. The zero-order valence-corrected chi connectivity index (χ0v) is 12.3. The maximum Gasteiger partial charge on any atom is 0.277 e. The Kier molecular flexibility index (Phi) is 4.96. The van der Waals surface area contributed by atoms with E-state index in [4.69, 9.17) is 21.3 Å². The molecule has 1 amide bonds. The maximum absolute atomic E-state index is 12.5. The molecular weight excluding hydrogens is 290 g/mol. The van der Waals surface area contributed by atoms with E-state index in [-0.39, 0.29) is 18.1 Å². The molecule has 5 nitrogen and oxygen atoms in total. The molecule has 0 spiro atoms. The fraction of sp³-hybridized carbons (Fsp3) is 0.267. The second-order valence-electron chi connectivity index (χ2n) is 4.39. The van der Waals surface area contributed by atoms with Crippen LogP contribution in [0.5, 0.6) is 0 Å². The number of aromatic nitrogens is 1. The number of hydrogen-bond donors (Lipinski definition) is 0. The summed E-state index contributed by atoms with van der Waals surface area (Å²) < 4.78 is 5.33. The number of amides is 1. The monoisotopic (exact) mass is 303 g/mol. The van der Waals surface area contributed by atoms with Gasteiger partial charge in [-0.2, -0.15) is 5.26 Å². The van der Waals surface area contributed by atoms with Crippen LogP contribution in [0.2, 0.25) is 5.02 Å². The molecule has 0 aliphatic rings. The number of halogens is 1. The number of oxazole rings is 1. The number of benzene rings is 1. The van der Waals surface area contributed by atoms with Gasteiger partial charge in [0.05, 0.1) is 11.1 Å². The Morgan fingerprint density at radius 2 is 2.24 bits per heavy atom. The van der Waals surface area contributed by atoms with Gasteiger partial charge in [-0.05, 0) is 18.6 Å². The zero-order valence-electron chi connectivity index (χ0n) is 11.5. The van der Waals surface area contributed by atoms with E-state index in [1.807, 2.05) is 13.0 Å². The van der Waals surface area contributed by atoms with E-state index in [0.717, 1.165) is 6.42 Å². The summed E-state index contributed by atoms with van der Waals surface area (Å²) in [6.45, 7) is 2.44. The van der Waals surface area contributed by atoms with Crippen molar-refractivity contribution in [1.29, 1.82) is 5.26 Å². The fourth-order valence-corrected chi connectivity index (χ4v) is 2.21. The third-order valence-electron chi connectivity index (χ3n) is 2.93. The van der Waals surface area contributed by atoms with Gasteiger partial charge >= 0.3 is 0 Å². The van der Waals surface area contributed by atoms with Crippen molar-refractivity contribution in [2.24, 2.45) is 0 Å². The average Bonchev–Trinajstić information content (AvgIpc) is 2.96. The molecule has 0 atom stereocenters. The Morgan fingerprint density at radius 1 is 1.48 bits per heavy atom. The predicted octanol–water partition coefficient (Wildman–Crippen LogP) is 3.37. The van der Waals surface area contributed by atoms with Crippen molar-refractivity contribution in [2.75, 3.05) is 13.1 Å². The minimum Gasteiger partial charge on any atom is -0.443 e. The van der Waals surface area contributed by atoms with E-state index in [0.29, 0.717) is 22.9 Å². The van der Waals surface area contributed by atoms with Crippen LogP contribution in [-0.2, 0) is 0 Å². The second kappa shape index (κ2) is 6.91. The summed E-state index contributed by atoms with van der Waals surface area (Å²) in [5.74, 6) is -0.00767. The molecule has 0 fully saturated rings. The molecule has 0 saturated heterocycles. The molecule has 21 heavy (non-hydrogen) atoms. The Hall–Kier alpha value is -2.32. The quantitative estimate of drug-likeness (QED) is 0.794. The summed E-state index contributed by atoms with van der Waals surface area (Å²) in [4.78, 5) is 17.9. The smallest absolute Gasteiger partial charge is 0.277 e. The molecule has 0 radical (unpaired) electrons. The van der Waals surface area contributed by atoms with Gasteiger partial charge in [-0.25, -0.2) is 4.98 Å². The van der Waals surface area contributed by atoms with E-state index in [2.05, 4.69) is 4.98 Å². The SMILES string of the molecule is CCCN(CC#N)C(=O)c1ncoc1-c1ccccc1Cl. The van der Waals surface area contributed by atoms with Gasteiger partial charge in [0.25, 0.3) is 5.91 Å². The summed E-state index contributed by atoms with van der Waals surface area (Å²) in [5.41, 5.74) is 0.778. The fourth-order valence-electron chi connectivity index (χ4n) is 1.99. The Bertz CT molecular complexity index is 676. The first-order valence-electron chi connectivity index (χ1n) is 6.53. The van der Waals surface area contributed by atoms with Crippen molar-refractivity contribution in [3.8, 4) is 17.4 Å². The topological polar surface area (TPSA) is 70.1 Å². The van der Waals surface area contributed by atoms with Crippen molar-refractivity contribution in [3.63, 3.8) is 0 Å². The Balaban J connectivity index is 2.38. The number of hydrogen-bond acceptors (Lipinski definition) is 4. The highest BCUT2D eigenvalue weighted by Gasteiger charge is 2.24. The summed E-state index contributed by atoms with van der Waals surface area (Å²) >= 11 is 6.13. The molecule has 1 heterocycles. The lowest BCUT2D eigenvalue weighted by atomic mass is 10.1. The number of carbonyl (C=O) groups excluding carboxylic acids is 1. The molecule has 0 aliphatic heterocycles. The van der Waals surface area contributed by atoms with Crippen LogP contribution >= 0.6 is 11.6 Å². The van der Waals surface area contributed by atoms with E-state index < -0.39 is 0 Å². The number of carbonyl (C=O) groups is 1. The van der Waals surface area contributed by atoms with Gasteiger partial charge in [0, 0.05) is 12.1 Å². The van der Waals surface area contributed by atoms with Crippen LogP contribution in [0.3, 0.4) is 0 Å². The Labute approximate surface area is 127 Å². The van der Waals surface area contributed by atoms with Crippen molar-refractivity contribution in [2.45, 2.75) is 13.3 Å². The number of nitriles is 1. The van der Waals surface area contributed by atoms with Crippen molar-refractivity contribution in [1.82, 2.24) is 9.88 Å². The third kappa shape index (κ3) is 3.23. The lowest BCUT2D eigenvalue weighted by Gasteiger charge is -2.17. The lowest BCUT2D eigenvalue weighted by molar-refractivity contribution is 0.0771. The molecule has 6 heteroatoms. The van der Waals surface area contributed by atoms with Gasteiger partial charge in [-0.1, -0.05) is 30.7 Å². The third-order valence-corrected chi connectivity index (χ3v) is 3.26. The first kappa shape index (κ1) is 15.1. The zero-order chi connectivity index (χ0) is 15.2. The predicted molar refractivity (Wildman–Crippen MR) is 78.8 cm³/mol. The van der Waals surface area contributed by atoms with Crippen LogP contribution in [0.15, 0.2) is 35.1 Å². The lowest BCUT2D eigenvalue weighted by Crippen LogP contribution is -2.32. The first-order chi connectivity index (χ1) is 10.2. The standard InChI is InChI=1S/C15H14ClN3O2/c1-2-8-19(9-7-17)15(20)13-14(21-10-18-13)11-5-3-4-6-12(11)16/h3-6,10H,2,8-9H2,1H3. The van der Waals surface area contributed by atoms with E-state index in [9.17, 15) is 4.79 Å². The minimum absolute atomic E-state index is 0.0154. The largest absolute Gasteiger partial charge is 0.443 e. The molecule has 1 aromatic heterocycles. The molecule has 0 saturated carbocycles. The van der Waals surface area contributed by atoms with E-state index >= 15 is 0 Å². The average molecular weight is 304 g/mol. The molecule has 1 aromatic carbocycles. The Morgan fingerprint density at radius 3 is 2.90 bits per heavy atom. The normalized spacial score (nSPS) is 10.1. The number of nitrogens with zero attached hydrogens (tertiary/aromatic N) is 3. The van der Waals surface area contributed by atoms with Gasteiger partial charge < -0.3 is 9.32 Å². The number of rotatable bonds is 5. The highest BCUT2D eigenvalue weighted by Crippen LogP contribution is 2.30. The molecule has 0 aliphatic carbocycles. The van der Waals surface area contributed by atoms with Crippen LogP contribution < -0.4 is 0 Å². The van der Waals surface area contributed by atoms with Crippen LogP contribution in [0, 0.1) is 11.3 Å². The summed E-state index contributed by atoms with van der Waals surface area (Å²) in [5, 5.41) is 9.31. The van der Waals surface area contributed by atoms with Crippen LogP contribution in [-0.4, -0.2) is 28.9 Å². The van der Waals surface area contributed by atoms with Gasteiger partial charge in [0.2, 0.25) is 0 Å². The van der Waals surface area contributed by atoms with Crippen LogP contribution in [0.4, 0.5) is 0 Å². The van der Waals surface area contributed by atoms with Crippen LogP contribution in [0.1, 0.15) is 23.8 Å². The van der Waals surface area contributed by atoms with Gasteiger partial charge in [0.15, 0.2) is 17.8 Å². The summed E-state index contributed by atoms with van der Waals surface area (Å²) in [6.07, 6.45) is 1.97. The van der Waals surface area contributed by atoms with E-state index in [1.165, 1.54) is 11.3 Å². The van der Waals surface area contributed by atoms with Crippen LogP contribution in [0.25, 0.3) is 11.3 Å². The molecular formula is C15H14ClN3O2. The van der Waals surface area contributed by atoms with Gasteiger partial charge in [-0.3, -0.25) is 4.79 Å². The second-order valence-corrected chi connectivity index (χ2v) is 4.80. The van der Waals surface area contributed by atoms with Gasteiger partial charge in [0.1, 0.15) is 6.54 Å². The van der Waals surface area contributed by atoms with Crippen molar-refractivity contribution >= 4 is 17.5 Å². The molecule has 0 unspecified atom stereocenters. The van der Waals surface area contributed by atoms with E-state index in [1.54, 1.807) is 24.3 Å². The van der Waals surface area contributed by atoms with Crippen molar-refractivity contribution < 1.29 is 9.21 Å². The molecule has 2 aromatic rings. The first-order valence-corrected chi connectivity index (χ1v) is 6.91. The molecule has 2 rings (SSSR count). The van der Waals surface area contributed by atoms with Crippen molar-refractivity contribution in [3.05, 3.63) is 41.4 Å². The maximum atomic E-state index is 12.5. The molecule has 108 valence electrons. The van der Waals surface area contributed by atoms with Gasteiger partial charge in [-0.15, -0.1) is 0 Å². The molecule has 0 N–H and O–H groups in total.